The smallest absolute Gasteiger partial charge is 0.283 e. The second kappa shape index (κ2) is 4.97. The molecule has 7 heteroatoms. The van der Waals surface area contributed by atoms with E-state index in [-0.39, 0.29) is 23.5 Å². The maximum Gasteiger partial charge on any atom is 0.283 e. The Kier molecular flexibility index (Phi) is 3.72. The molecule has 2 heterocycles. The van der Waals surface area contributed by atoms with E-state index in [2.05, 4.69) is 4.98 Å². The summed E-state index contributed by atoms with van der Waals surface area (Å²) >= 11 is 1.31. The Labute approximate surface area is 111 Å². The van der Waals surface area contributed by atoms with Gasteiger partial charge in [-0.3, -0.25) is 4.79 Å². The van der Waals surface area contributed by atoms with Crippen molar-refractivity contribution >= 4 is 27.1 Å². The van der Waals surface area contributed by atoms with Crippen LogP contribution in [0.15, 0.2) is 5.38 Å². The topological polar surface area (TPSA) is 67.3 Å². The van der Waals surface area contributed by atoms with Crippen molar-refractivity contribution < 1.29 is 13.2 Å². The van der Waals surface area contributed by atoms with E-state index in [9.17, 15) is 13.2 Å². The molecule has 0 aliphatic carbocycles. The third-order valence-electron chi connectivity index (χ3n) is 3.05. The zero-order valence-corrected chi connectivity index (χ0v) is 12.1. The molecule has 0 aromatic carbocycles. The van der Waals surface area contributed by atoms with Crippen LogP contribution in [0.25, 0.3) is 0 Å². The van der Waals surface area contributed by atoms with Gasteiger partial charge in [-0.05, 0) is 20.3 Å². The van der Waals surface area contributed by atoms with Crippen LogP contribution in [0.3, 0.4) is 0 Å². The molecule has 5 nitrogen and oxygen atoms in total. The van der Waals surface area contributed by atoms with E-state index in [0.717, 1.165) is 5.69 Å². The number of sulfone groups is 1. The highest BCUT2D eigenvalue weighted by molar-refractivity contribution is 7.91. The standard InChI is InChI=1S/C11H16N2O3S2/c1-3-13(9-4-5-18(15,16)7-9)11(14)10-12-8(2)6-17-10/h6,9H,3-5,7H2,1-2H3. The summed E-state index contributed by atoms with van der Waals surface area (Å²) in [6.45, 7) is 4.21. The van der Waals surface area contributed by atoms with Crippen LogP contribution >= 0.6 is 11.3 Å². The van der Waals surface area contributed by atoms with Crippen molar-refractivity contribution in [2.75, 3.05) is 18.1 Å². The van der Waals surface area contributed by atoms with Crippen molar-refractivity contribution in [2.45, 2.75) is 26.3 Å². The first-order chi connectivity index (χ1) is 8.43. The van der Waals surface area contributed by atoms with Gasteiger partial charge < -0.3 is 4.90 Å². The van der Waals surface area contributed by atoms with Gasteiger partial charge in [0.05, 0.1) is 11.5 Å². The molecule has 100 valence electrons. The number of thiazole rings is 1. The first kappa shape index (κ1) is 13.5. The van der Waals surface area contributed by atoms with Gasteiger partial charge in [0.15, 0.2) is 14.8 Å². The molecule has 2 rings (SSSR count). The van der Waals surface area contributed by atoms with Gasteiger partial charge >= 0.3 is 0 Å². The lowest BCUT2D eigenvalue weighted by atomic mass is 10.2. The largest absolute Gasteiger partial charge is 0.333 e. The van der Waals surface area contributed by atoms with E-state index < -0.39 is 9.84 Å². The molecular formula is C11H16N2O3S2. The van der Waals surface area contributed by atoms with Gasteiger partial charge in [0.2, 0.25) is 0 Å². The molecule has 1 saturated heterocycles. The second-order valence-electron chi connectivity index (χ2n) is 4.44. The number of carbonyl (C=O) groups excluding carboxylic acids is 1. The molecule has 1 aromatic rings. The van der Waals surface area contributed by atoms with Gasteiger partial charge in [-0.15, -0.1) is 11.3 Å². The van der Waals surface area contributed by atoms with Crippen molar-refractivity contribution in [1.82, 2.24) is 9.88 Å². The number of hydrogen-bond donors (Lipinski definition) is 0. The van der Waals surface area contributed by atoms with Crippen LogP contribution in [0.1, 0.15) is 28.8 Å². The van der Waals surface area contributed by atoms with Crippen LogP contribution in [0.5, 0.6) is 0 Å². The lowest BCUT2D eigenvalue weighted by molar-refractivity contribution is 0.0708. The molecule has 0 N–H and O–H groups in total. The summed E-state index contributed by atoms with van der Waals surface area (Å²) in [4.78, 5) is 18.1. The second-order valence-corrected chi connectivity index (χ2v) is 7.53. The monoisotopic (exact) mass is 288 g/mol. The number of aryl methyl sites for hydroxylation is 1. The molecule has 0 radical (unpaired) electrons. The number of carbonyl (C=O) groups is 1. The summed E-state index contributed by atoms with van der Waals surface area (Å²) in [5.74, 6) is 0.104. The fourth-order valence-corrected chi connectivity index (χ4v) is 4.64. The fourth-order valence-electron chi connectivity index (χ4n) is 2.16. The molecule has 0 spiro atoms. The Balaban J connectivity index is 2.17. The van der Waals surface area contributed by atoms with Gasteiger partial charge in [0, 0.05) is 23.7 Å². The van der Waals surface area contributed by atoms with E-state index in [1.54, 1.807) is 4.90 Å². The van der Waals surface area contributed by atoms with Crippen LogP contribution in [-0.4, -0.2) is 48.3 Å². The molecule has 0 bridgehead atoms. The Hall–Kier alpha value is -0.950. The van der Waals surface area contributed by atoms with E-state index in [4.69, 9.17) is 0 Å². The number of amides is 1. The molecule has 1 aliphatic heterocycles. The van der Waals surface area contributed by atoms with E-state index in [0.29, 0.717) is 18.0 Å². The summed E-state index contributed by atoms with van der Waals surface area (Å²) in [6, 6.07) is -0.197. The highest BCUT2D eigenvalue weighted by atomic mass is 32.2. The molecule has 1 aliphatic rings. The average Bonchev–Trinajstić information content (AvgIpc) is 2.86. The predicted molar refractivity (Wildman–Crippen MR) is 70.6 cm³/mol. The molecule has 1 unspecified atom stereocenters. The molecule has 18 heavy (non-hydrogen) atoms. The predicted octanol–water partition coefficient (Wildman–Crippen LogP) is 1.10. The van der Waals surface area contributed by atoms with Gasteiger partial charge in [-0.25, -0.2) is 13.4 Å². The Bertz CT molecular complexity index is 550. The normalized spacial score (nSPS) is 22.0. The summed E-state index contributed by atoms with van der Waals surface area (Å²) in [5, 5.41) is 2.27. The zero-order valence-electron chi connectivity index (χ0n) is 10.4. The maximum atomic E-state index is 12.3. The van der Waals surface area contributed by atoms with Crippen molar-refractivity contribution in [3.63, 3.8) is 0 Å². The fraction of sp³-hybridized carbons (Fsp3) is 0.636. The average molecular weight is 288 g/mol. The van der Waals surface area contributed by atoms with E-state index in [1.165, 1.54) is 11.3 Å². The zero-order chi connectivity index (χ0) is 13.3. The van der Waals surface area contributed by atoms with E-state index in [1.807, 2.05) is 19.2 Å². The molecule has 1 amide bonds. The molecule has 1 aromatic heterocycles. The lowest BCUT2D eigenvalue weighted by Crippen LogP contribution is -2.40. The first-order valence-electron chi connectivity index (χ1n) is 5.86. The molecular weight excluding hydrogens is 272 g/mol. The Morgan fingerprint density at radius 2 is 2.33 bits per heavy atom. The minimum absolute atomic E-state index is 0.0803. The highest BCUT2D eigenvalue weighted by Gasteiger charge is 2.34. The highest BCUT2D eigenvalue weighted by Crippen LogP contribution is 2.21. The van der Waals surface area contributed by atoms with Gasteiger partial charge in [-0.1, -0.05) is 0 Å². The van der Waals surface area contributed by atoms with Crippen molar-refractivity contribution in [3.8, 4) is 0 Å². The van der Waals surface area contributed by atoms with Crippen molar-refractivity contribution in [2.24, 2.45) is 0 Å². The van der Waals surface area contributed by atoms with Gasteiger partial charge in [-0.2, -0.15) is 0 Å². The van der Waals surface area contributed by atoms with Crippen LogP contribution in [-0.2, 0) is 9.84 Å². The third kappa shape index (κ3) is 2.72. The van der Waals surface area contributed by atoms with Crippen LogP contribution < -0.4 is 0 Å². The Morgan fingerprint density at radius 3 is 2.78 bits per heavy atom. The quantitative estimate of drug-likeness (QED) is 0.835. The summed E-state index contributed by atoms with van der Waals surface area (Å²) in [6.07, 6.45) is 0.534. The SMILES string of the molecule is CCN(C(=O)c1nc(C)cs1)C1CCS(=O)(=O)C1. The van der Waals surface area contributed by atoms with Gasteiger partial charge in [0.1, 0.15) is 0 Å². The van der Waals surface area contributed by atoms with Crippen molar-refractivity contribution in [1.29, 1.82) is 0 Å². The first-order valence-corrected chi connectivity index (χ1v) is 8.56. The molecule has 1 fully saturated rings. The Morgan fingerprint density at radius 1 is 1.61 bits per heavy atom. The third-order valence-corrected chi connectivity index (χ3v) is 5.75. The van der Waals surface area contributed by atoms with Crippen LogP contribution in [0, 0.1) is 6.92 Å². The van der Waals surface area contributed by atoms with Crippen molar-refractivity contribution in [3.05, 3.63) is 16.1 Å². The maximum absolute atomic E-state index is 12.3. The number of hydrogen-bond acceptors (Lipinski definition) is 5. The summed E-state index contributed by atoms with van der Waals surface area (Å²) in [7, 11) is -2.97. The summed E-state index contributed by atoms with van der Waals surface area (Å²) in [5.41, 5.74) is 0.818. The number of rotatable bonds is 3. The van der Waals surface area contributed by atoms with Crippen LogP contribution in [0.4, 0.5) is 0 Å². The van der Waals surface area contributed by atoms with Gasteiger partial charge in [0.25, 0.3) is 5.91 Å². The minimum Gasteiger partial charge on any atom is -0.333 e. The molecule has 1 atom stereocenters. The number of aromatic nitrogens is 1. The lowest BCUT2D eigenvalue weighted by Gasteiger charge is -2.25. The van der Waals surface area contributed by atoms with E-state index >= 15 is 0 Å². The molecule has 0 saturated carbocycles. The number of nitrogens with zero attached hydrogens (tertiary/aromatic N) is 2. The minimum atomic E-state index is -2.97. The summed E-state index contributed by atoms with van der Waals surface area (Å²) < 4.78 is 22.9. The van der Waals surface area contributed by atoms with Crippen LogP contribution in [0.2, 0.25) is 0 Å².